The molecule has 0 aromatic rings. The molecular formula is C10H16O. The van der Waals surface area contributed by atoms with Gasteiger partial charge in [-0.3, -0.25) is 0 Å². The summed E-state index contributed by atoms with van der Waals surface area (Å²) in [7, 11) is 0. The minimum absolute atomic E-state index is 0.312. The summed E-state index contributed by atoms with van der Waals surface area (Å²) in [6, 6.07) is 0. The zero-order valence-electron chi connectivity index (χ0n) is 7.55. The number of hydrogen-bond acceptors (Lipinski definition) is 1. The van der Waals surface area contributed by atoms with Gasteiger partial charge >= 0.3 is 0 Å². The van der Waals surface area contributed by atoms with Crippen LogP contribution < -0.4 is 0 Å². The predicted molar refractivity (Wildman–Crippen MR) is 47.3 cm³/mol. The molecule has 0 spiro atoms. The van der Waals surface area contributed by atoms with Crippen LogP contribution in [0.25, 0.3) is 0 Å². The number of rotatable bonds is 2. The lowest BCUT2D eigenvalue weighted by atomic mass is 10.1. The SMILES string of the molecule is CC1=CCC=C(OC(C)C)C1. The second-order valence-electron chi connectivity index (χ2n) is 3.30. The van der Waals surface area contributed by atoms with Gasteiger partial charge < -0.3 is 4.74 Å². The molecule has 1 aliphatic carbocycles. The smallest absolute Gasteiger partial charge is 0.0967 e. The third kappa shape index (κ3) is 2.79. The average molecular weight is 152 g/mol. The van der Waals surface area contributed by atoms with Crippen LogP contribution in [0.2, 0.25) is 0 Å². The summed E-state index contributed by atoms with van der Waals surface area (Å²) in [5.41, 5.74) is 1.42. The largest absolute Gasteiger partial charge is 0.495 e. The first-order chi connectivity index (χ1) is 5.18. The molecule has 0 atom stereocenters. The van der Waals surface area contributed by atoms with Crippen molar-refractivity contribution in [2.24, 2.45) is 0 Å². The van der Waals surface area contributed by atoms with E-state index in [0.717, 1.165) is 18.6 Å². The van der Waals surface area contributed by atoms with E-state index in [0.29, 0.717) is 6.10 Å². The standard InChI is InChI=1S/C10H16O/c1-8(2)11-10-6-4-5-9(3)7-10/h5-6,8H,4,7H2,1-3H3. The highest BCUT2D eigenvalue weighted by Crippen LogP contribution is 2.19. The second-order valence-corrected chi connectivity index (χ2v) is 3.30. The summed E-state index contributed by atoms with van der Waals surface area (Å²) in [5, 5.41) is 0. The van der Waals surface area contributed by atoms with Gasteiger partial charge in [0, 0.05) is 6.42 Å². The lowest BCUT2D eigenvalue weighted by Crippen LogP contribution is -2.04. The monoisotopic (exact) mass is 152 g/mol. The molecule has 0 heterocycles. The Kier molecular flexibility index (Phi) is 2.75. The van der Waals surface area contributed by atoms with Gasteiger partial charge in [-0.15, -0.1) is 0 Å². The van der Waals surface area contributed by atoms with Crippen molar-refractivity contribution in [3.05, 3.63) is 23.5 Å². The van der Waals surface area contributed by atoms with Crippen LogP contribution in [-0.2, 0) is 4.74 Å². The van der Waals surface area contributed by atoms with Gasteiger partial charge in [0.1, 0.15) is 0 Å². The molecule has 0 aromatic heterocycles. The third-order valence-electron chi connectivity index (χ3n) is 1.65. The summed E-state index contributed by atoms with van der Waals surface area (Å²) >= 11 is 0. The first kappa shape index (κ1) is 8.38. The molecule has 1 nitrogen and oxygen atoms in total. The molecule has 0 fully saturated rings. The van der Waals surface area contributed by atoms with Gasteiger partial charge in [0.05, 0.1) is 11.9 Å². The van der Waals surface area contributed by atoms with Crippen molar-refractivity contribution >= 4 is 0 Å². The van der Waals surface area contributed by atoms with Gasteiger partial charge in [-0.1, -0.05) is 11.6 Å². The molecule has 11 heavy (non-hydrogen) atoms. The van der Waals surface area contributed by atoms with Crippen molar-refractivity contribution in [2.75, 3.05) is 0 Å². The highest BCUT2D eigenvalue weighted by molar-refractivity contribution is 5.16. The van der Waals surface area contributed by atoms with E-state index >= 15 is 0 Å². The van der Waals surface area contributed by atoms with Crippen molar-refractivity contribution < 1.29 is 4.74 Å². The summed E-state index contributed by atoms with van der Waals surface area (Å²) in [6.07, 6.45) is 6.75. The Morgan fingerprint density at radius 3 is 2.64 bits per heavy atom. The molecular weight excluding hydrogens is 136 g/mol. The van der Waals surface area contributed by atoms with E-state index in [1.807, 2.05) is 0 Å². The lowest BCUT2D eigenvalue weighted by Gasteiger charge is -2.16. The van der Waals surface area contributed by atoms with Gasteiger partial charge in [0.25, 0.3) is 0 Å². The van der Waals surface area contributed by atoms with E-state index < -0.39 is 0 Å². The fourth-order valence-electron chi connectivity index (χ4n) is 1.20. The van der Waals surface area contributed by atoms with Crippen LogP contribution >= 0.6 is 0 Å². The minimum atomic E-state index is 0.312. The van der Waals surface area contributed by atoms with Crippen LogP contribution in [0.15, 0.2) is 23.5 Å². The first-order valence-electron chi connectivity index (χ1n) is 4.20. The Bertz CT molecular complexity index is 187. The molecule has 1 aliphatic rings. The summed E-state index contributed by atoms with van der Waals surface area (Å²) in [5.74, 6) is 1.14. The van der Waals surface area contributed by atoms with Crippen LogP contribution in [0.1, 0.15) is 33.6 Å². The fraction of sp³-hybridized carbons (Fsp3) is 0.600. The van der Waals surface area contributed by atoms with E-state index in [1.165, 1.54) is 5.57 Å². The van der Waals surface area contributed by atoms with Crippen LogP contribution in [-0.4, -0.2) is 6.10 Å². The Morgan fingerprint density at radius 2 is 2.09 bits per heavy atom. The molecule has 0 radical (unpaired) electrons. The van der Waals surface area contributed by atoms with Gasteiger partial charge in [-0.25, -0.2) is 0 Å². The number of hydrogen-bond donors (Lipinski definition) is 0. The molecule has 0 bridgehead atoms. The van der Waals surface area contributed by atoms with Crippen LogP contribution in [0.3, 0.4) is 0 Å². The summed E-state index contributed by atoms with van der Waals surface area (Å²) in [4.78, 5) is 0. The van der Waals surface area contributed by atoms with E-state index in [4.69, 9.17) is 4.74 Å². The Balaban J connectivity index is 2.42. The Labute approximate surface area is 68.8 Å². The first-order valence-corrected chi connectivity index (χ1v) is 4.20. The molecule has 0 saturated heterocycles. The molecule has 0 aliphatic heterocycles. The van der Waals surface area contributed by atoms with Crippen LogP contribution in [0.4, 0.5) is 0 Å². The average Bonchev–Trinajstić information content (AvgIpc) is 1.85. The topological polar surface area (TPSA) is 9.23 Å². The van der Waals surface area contributed by atoms with Gasteiger partial charge in [-0.2, -0.15) is 0 Å². The highest BCUT2D eigenvalue weighted by atomic mass is 16.5. The lowest BCUT2D eigenvalue weighted by molar-refractivity contribution is 0.141. The summed E-state index contributed by atoms with van der Waals surface area (Å²) < 4.78 is 5.58. The van der Waals surface area contributed by atoms with E-state index in [2.05, 4.69) is 32.9 Å². The minimum Gasteiger partial charge on any atom is -0.495 e. The van der Waals surface area contributed by atoms with E-state index in [9.17, 15) is 0 Å². The zero-order chi connectivity index (χ0) is 8.27. The molecule has 1 heteroatoms. The van der Waals surface area contributed by atoms with Gasteiger partial charge in [0.15, 0.2) is 0 Å². The molecule has 1 rings (SSSR count). The Morgan fingerprint density at radius 1 is 1.36 bits per heavy atom. The Hall–Kier alpha value is -0.720. The number of ether oxygens (including phenoxy) is 1. The fourth-order valence-corrected chi connectivity index (χ4v) is 1.20. The normalized spacial score (nSPS) is 17.8. The van der Waals surface area contributed by atoms with Crippen molar-refractivity contribution in [3.8, 4) is 0 Å². The van der Waals surface area contributed by atoms with E-state index in [-0.39, 0.29) is 0 Å². The third-order valence-corrected chi connectivity index (χ3v) is 1.65. The maximum absolute atomic E-state index is 5.58. The molecule has 0 N–H and O–H groups in total. The number of allylic oxidation sites excluding steroid dienone is 3. The predicted octanol–water partition coefficient (Wildman–Crippen LogP) is 3.04. The maximum atomic E-state index is 5.58. The van der Waals surface area contributed by atoms with Crippen molar-refractivity contribution in [2.45, 2.75) is 39.7 Å². The van der Waals surface area contributed by atoms with Crippen molar-refractivity contribution in [3.63, 3.8) is 0 Å². The van der Waals surface area contributed by atoms with Crippen molar-refractivity contribution in [1.29, 1.82) is 0 Å². The molecule has 0 unspecified atom stereocenters. The maximum Gasteiger partial charge on any atom is 0.0967 e. The van der Waals surface area contributed by atoms with Gasteiger partial charge in [0.2, 0.25) is 0 Å². The van der Waals surface area contributed by atoms with Gasteiger partial charge in [-0.05, 0) is 33.3 Å². The molecule has 0 amide bonds. The molecule has 0 aromatic carbocycles. The molecule has 0 saturated carbocycles. The quantitative estimate of drug-likeness (QED) is 0.553. The van der Waals surface area contributed by atoms with E-state index in [1.54, 1.807) is 0 Å². The summed E-state index contributed by atoms with van der Waals surface area (Å²) in [6.45, 7) is 6.28. The van der Waals surface area contributed by atoms with Crippen LogP contribution in [0, 0.1) is 0 Å². The van der Waals surface area contributed by atoms with Crippen molar-refractivity contribution in [1.82, 2.24) is 0 Å². The van der Waals surface area contributed by atoms with Crippen LogP contribution in [0.5, 0.6) is 0 Å². The molecule has 62 valence electrons. The second kappa shape index (κ2) is 3.61. The highest BCUT2D eigenvalue weighted by Gasteiger charge is 2.05. The zero-order valence-corrected chi connectivity index (χ0v) is 7.55.